The summed E-state index contributed by atoms with van der Waals surface area (Å²) in [5, 5.41) is 19.1. The fourth-order valence-electron chi connectivity index (χ4n) is 2.77. The number of hydrogen-bond donors (Lipinski definition) is 1. The largest absolute Gasteiger partial charge is 0.391 e. The zero-order chi connectivity index (χ0) is 15.7. The minimum Gasteiger partial charge on any atom is -0.391 e. The summed E-state index contributed by atoms with van der Waals surface area (Å²) in [6, 6.07) is 9.69. The van der Waals surface area contributed by atoms with Crippen LogP contribution in [0.4, 0.5) is 10.3 Å². The van der Waals surface area contributed by atoms with Gasteiger partial charge in [0.2, 0.25) is 5.95 Å². The van der Waals surface area contributed by atoms with E-state index in [1.807, 2.05) is 11.0 Å². The van der Waals surface area contributed by atoms with Gasteiger partial charge in [0.1, 0.15) is 17.6 Å². The van der Waals surface area contributed by atoms with Gasteiger partial charge in [-0.15, -0.1) is 0 Å². The van der Waals surface area contributed by atoms with Crippen molar-refractivity contribution in [1.29, 1.82) is 5.26 Å². The van der Waals surface area contributed by atoms with E-state index in [2.05, 4.69) is 9.97 Å². The number of nitriles is 1. The van der Waals surface area contributed by atoms with Crippen LogP contribution in [0, 0.1) is 24.1 Å². The second kappa shape index (κ2) is 5.70. The first kappa shape index (κ1) is 14.4. The molecule has 1 saturated heterocycles. The summed E-state index contributed by atoms with van der Waals surface area (Å²) in [7, 11) is 0. The maximum Gasteiger partial charge on any atom is 0.227 e. The summed E-state index contributed by atoms with van der Waals surface area (Å²) in [5.74, 6) is 0.120. The highest BCUT2D eigenvalue weighted by atomic mass is 19.1. The Morgan fingerprint density at radius 3 is 2.73 bits per heavy atom. The standard InChI is InChI=1S/C16H15FN4O/c1-10-6-13(8-18)20-16(19-10)21-9-14(22)7-15(21)11-2-4-12(17)5-3-11/h2-6,14-15,22H,7,9H2,1H3. The van der Waals surface area contributed by atoms with Crippen molar-refractivity contribution in [2.24, 2.45) is 0 Å². The molecule has 1 N–H and O–H groups in total. The SMILES string of the molecule is Cc1cc(C#N)nc(N2CC(O)CC2c2ccc(F)cc2)n1. The monoisotopic (exact) mass is 298 g/mol. The van der Waals surface area contributed by atoms with Gasteiger partial charge in [-0.3, -0.25) is 0 Å². The predicted octanol–water partition coefficient (Wildman–Crippen LogP) is 2.11. The number of benzene rings is 1. The summed E-state index contributed by atoms with van der Waals surface area (Å²) < 4.78 is 13.1. The van der Waals surface area contributed by atoms with Crippen LogP contribution in [0.5, 0.6) is 0 Å². The van der Waals surface area contributed by atoms with Crippen molar-refractivity contribution in [3.63, 3.8) is 0 Å². The molecule has 22 heavy (non-hydrogen) atoms. The van der Waals surface area contributed by atoms with E-state index in [0.29, 0.717) is 30.3 Å². The van der Waals surface area contributed by atoms with E-state index in [0.717, 1.165) is 5.56 Å². The number of aliphatic hydroxyl groups is 1. The molecule has 0 aliphatic carbocycles. The van der Waals surface area contributed by atoms with Crippen molar-refractivity contribution < 1.29 is 9.50 Å². The number of anilines is 1. The molecule has 0 saturated carbocycles. The number of rotatable bonds is 2. The fourth-order valence-corrected chi connectivity index (χ4v) is 2.77. The molecule has 5 nitrogen and oxygen atoms in total. The zero-order valence-corrected chi connectivity index (χ0v) is 12.1. The van der Waals surface area contributed by atoms with E-state index in [1.54, 1.807) is 25.1 Å². The minimum absolute atomic E-state index is 0.135. The molecule has 1 fully saturated rings. The third-order valence-electron chi connectivity index (χ3n) is 3.75. The number of aryl methyl sites for hydroxylation is 1. The van der Waals surface area contributed by atoms with Crippen molar-refractivity contribution in [1.82, 2.24) is 9.97 Å². The van der Waals surface area contributed by atoms with Gasteiger partial charge >= 0.3 is 0 Å². The lowest BCUT2D eigenvalue weighted by molar-refractivity contribution is 0.194. The molecule has 1 aromatic heterocycles. The fraction of sp³-hybridized carbons (Fsp3) is 0.312. The minimum atomic E-state index is -0.510. The second-order valence-electron chi connectivity index (χ2n) is 5.42. The van der Waals surface area contributed by atoms with Crippen LogP contribution in [-0.4, -0.2) is 27.7 Å². The van der Waals surface area contributed by atoms with Crippen LogP contribution in [0.25, 0.3) is 0 Å². The molecule has 0 spiro atoms. The predicted molar refractivity (Wildman–Crippen MR) is 78.6 cm³/mol. The van der Waals surface area contributed by atoms with Crippen molar-refractivity contribution in [2.75, 3.05) is 11.4 Å². The van der Waals surface area contributed by atoms with E-state index in [9.17, 15) is 9.50 Å². The first-order chi connectivity index (χ1) is 10.6. The number of hydrogen-bond acceptors (Lipinski definition) is 5. The maximum absolute atomic E-state index is 13.1. The Bertz CT molecular complexity index is 726. The van der Waals surface area contributed by atoms with E-state index < -0.39 is 6.10 Å². The molecule has 2 aromatic rings. The average molecular weight is 298 g/mol. The topological polar surface area (TPSA) is 73.0 Å². The molecular formula is C16H15FN4O. The Morgan fingerprint density at radius 2 is 2.05 bits per heavy atom. The molecule has 1 aliphatic heterocycles. The van der Waals surface area contributed by atoms with Gasteiger partial charge in [-0.05, 0) is 37.1 Å². The lowest BCUT2D eigenvalue weighted by Gasteiger charge is -2.25. The van der Waals surface area contributed by atoms with Crippen LogP contribution in [-0.2, 0) is 0 Å². The summed E-state index contributed by atoms with van der Waals surface area (Å²) in [4.78, 5) is 10.5. The highest BCUT2D eigenvalue weighted by Crippen LogP contribution is 2.34. The second-order valence-corrected chi connectivity index (χ2v) is 5.42. The van der Waals surface area contributed by atoms with Gasteiger partial charge in [-0.1, -0.05) is 12.1 Å². The third-order valence-corrected chi connectivity index (χ3v) is 3.75. The van der Waals surface area contributed by atoms with Gasteiger partial charge < -0.3 is 10.0 Å². The first-order valence-corrected chi connectivity index (χ1v) is 7.03. The molecule has 2 atom stereocenters. The van der Waals surface area contributed by atoms with Crippen LogP contribution in [0.1, 0.15) is 29.4 Å². The molecule has 3 rings (SSSR count). The Kier molecular flexibility index (Phi) is 3.73. The van der Waals surface area contributed by atoms with Gasteiger partial charge in [0.25, 0.3) is 0 Å². The number of β-amino-alcohol motifs (C(OH)–C–C–N with tert-alkyl or cyclic N) is 1. The molecule has 0 bridgehead atoms. The molecule has 2 heterocycles. The van der Waals surface area contributed by atoms with Crippen molar-refractivity contribution >= 4 is 5.95 Å². The molecule has 0 amide bonds. The van der Waals surface area contributed by atoms with E-state index in [4.69, 9.17) is 5.26 Å². The number of aliphatic hydroxyl groups excluding tert-OH is 1. The smallest absolute Gasteiger partial charge is 0.227 e. The summed E-state index contributed by atoms with van der Waals surface area (Å²) in [6.07, 6.45) is 0.00914. The number of nitrogens with zero attached hydrogens (tertiary/aromatic N) is 4. The molecular weight excluding hydrogens is 283 g/mol. The highest BCUT2D eigenvalue weighted by molar-refractivity contribution is 5.42. The van der Waals surface area contributed by atoms with Crippen LogP contribution in [0.15, 0.2) is 30.3 Å². The summed E-state index contributed by atoms with van der Waals surface area (Å²) >= 11 is 0. The van der Waals surface area contributed by atoms with Crippen LogP contribution >= 0.6 is 0 Å². The Hall–Kier alpha value is -2.52. The first-order valence-electron chi connectivity index (χ1n) is 7.03. The maximum atomic E-state index is 13.1. The summed E-state index contributed by atoms with van der Waals surface area (Å²) in [6.45, 7) is 2.18. The molecule has 2 unspecified atom stereocenters. The van der Waals surface area contributed by atoms with E-state index >= 15 is 0 Å². The molecule has 1 aromatic carbocycles. The molecule has 0 radical (unpaired) electrons. The third kappa shape index (κ3) is 2.76. The Morgan fingerprint density at radius 1 is 1.32 bits per heavy atom. The van der Waals surface area contributed by atoms with Crippen LogP contribution in [0.2, 0.25) is 0 Å². The molecule has 6 heteroatoms. The van der Waals surface area contributed by atoms with Crippen molar-refractivity contribution in [3.8, 4) is 6.07 Å². The number of halogens is 1. The van der Waals surface area contributed by atoms with Crippen molar-refractivity contribution in [3.05, 3.63) is 53.1 Å². The van der Waals surface area contributed by atoms with Gasteiger partial charge in [-0.25, -0.2) is 14.4 Å². The van der Waals surface area contributed by atoms with E-state index in [1.165, 1.54) is 12.1 Å². The lowest BCUT2D eigenvalue weighted by atomic mass is 10.0. The molecule has 1 aliphatic rings. The quantitative estimate of drug-likeness (QED) is 0.919. The van der Waals surface area contributed by atoms with Gasteiger partial charge in [0, 0.05) is 12.2 Å². The Labute approximate surface area is 127 Å². The average Bonchev–Trinajstić information content (AvgIpc) is 2.89. The molecule has 112 valence electrons. The van der Waals surface area contributed by atoms with Gasteiger partial charge in [-0.2, -0.15) is 5.26 Å². The van der Waals surface area contributed by atoms with Crippen molar-refractivity contribution in [2.45, 2.75) is 25.5 Å². The van der Waals surface area contributed by atoms with Crippen LogP contribution < -0.4 is 4.90 Å². The lowest BCUT2D eigenvalue weighted by Crippen LogP contribution is -2.26. The normalized spacial score (nSPS) is 20.9. The van der Waals surface area contributed by atoms with E-state index in [-0.39, 0.29) is 11.9 Å². The van der Waals surface area contributed by atoms with Gasteiger partial charge in [0.15, 0.2) is 0 Å². The highest BCUT2D eigenvalue weighted by Gasteiger charge is 2.34. The van der Waals surface area contributed by atoms with Crippen LogP contribution in [0.3, 0.4) is 0 Å². The zero-order valence-electron chi connectivity index (χ0n) is 12.1. The number of aromatic nitrogens is 2. The summed E-state index contributed by atoms with van der Waals surface area (Å²) in [5.41, 5.74) is 1.88. The Balaban J connectivity index is 1.99. The van der Waals surface area contributed by atoms with Gasteiger partial charge in [0.05, 0.1) is 12.1 Å².